The van der Waals surface area contributed by atoms with Crippen molar-refractivity contribution < 1.29 is 9.53 Å². The molecule has 4 heteroatoms. The first-order chi connectivity index (χ1) is 10.6. The van der Waals surface area contributed by atoms with E-state index >= 15 is 0 Å². The van der Waals surface area contributed by atoms with E-state index in [1.807, 2.05) is 55.5 Å². The van der Waals surface area contributed by atoms with E-state index in [0.29, 0.717) is 0 Å². The third kappa shape index (κ3) is 4.46. The largest absolute Gasteiger partial charge is 0.496 e. The number of methoxy groups -OCH3 is 1. The van der Waals surface area contributed by atoms with Crippen molar-refractivity contribution in [3.63, 3.8) is 0 Å². The highest BCUT2D eigenvalue weighted by atomic mass is 79.9. The third-order valence-electron chi connectivity index (χ3n) is 3.26. The Morgan fingerprint density at radius 1 is 1.23 bits per heavy atom. The van der Waals surface area contributed by atoms with Gasteiger partial charge in [0.2, 0.25) is 5.91 Å². The SMILES string of the molecule is COc1ccc(Br)cc1/C=C/C(=O)N[C@H](C)c1ccccc1. The van der Waals surface area contributed by atoms with Crippen LogP contribution in [0.2, 0.25) is 0 Å². The van der Waals surface area contributed by atoms with Crippen LogP contribution in [0.25, 0.3) is 6.08 Å². The van der Waals surface area contributed by atoms with Crippen LogP contribution in [0.1, 0.15) is 24.1 Å². The minimum Gasteiger partial charge on any atom is -0.496 e. The number of nitrogens with one attached hydrogen (secondary N) is 1. The zero-order chi connectivity index (χ0) is 15.9. The summed E-state index contributed by atoms with van der Waals surface area (Å²) in [6.07, 6.45) is 3.26. The average molecular weight is 360 g/mol. The molecule has 114 valence electrons. The first-order valence-electron chi connectivity index (χ1n) is 6.97. The fourth-order valence-electron chi connectivity index (χ4n) is 2.09. The lowest BCUT2D eigenvalue weighted by Gasteiger charge is -2.12. The van der Waals surface area contributed by atoms with Crippen molar-refractivity contribution in [3.05, 3.63) is 70.2 Å². The van der Waals surface area contributed by atoms with Crippen molar-refractivity contribution in [2.45, 2.75) is 13.0 Å². The van der Waals surface area contributed by atoms with Crippen molar-refractivity contribution in [2.75, 3.05) is 7.11 Å². The lowest BCUT2D eigenvalue weighted by Crippen LogP contribution is -2.24. The van der Waals surface area contributed by atoms with Crippen molar-refractivity contribution in [1.82, 2.24) is 5.32 Å². The minimum absolute atomic E-state index is 0.0391. The van der Waals surface area contributed by atoms with Crippen LogP contribution in [0, 0.1) is 0 Å². The Kier molecular flexibility index (Phi) is 5.78. The van der Waals surface area contributed by atoms with E-state index in [2.05, 4.69) is 21.2 Å². The molecule has 2 aromatic rings. The van der Waals surface area contributed by atoms with Crippen LogP contribution in [-0.2, 0) is 4.79 Å². The van der Waals surface area contributed by atoms with Crippen LogP contribution >= 0.6 is 15.9 Å². The second-order valence-corrected chi connectivity index (χ2v) is 5.78. The molecule has 0 aromatic heterocycles. The Morgan fingerprint density at radius 2 is 1.95 bits per heavy atom. The maximum absolute atomic E-state index is 12.0. The lowest BCUT2D eigenvalue weighted by atomic mass is 10.1. The van der Waals surface area contributed by atoms with E-state index in [0.717, 1.165) is 21.3 Å². The highest BCUT2D eigenvalue weighted by molar-refractivity contribution is 9.10. The number of benzene rings is 2. The Morgan fingerprint density at radius 3 is 2.64 bits per heavy atom. The van der Waals surface area contributed by atoms with Crippen molar-refractivity contribution >= 4 is 27.9 Å². The van der Waals surface area contributed by atoms with Gasteiger partial charge in [-0.15, -0.1) is 0 Å². The second-order valence-electron chi connectivity index (χ2n) is 4.86. The average Bonchev–Trinajstić information content (AvgIpc) is 2.54. The maximum Gasteiger partial charge on any atom is 0.244 e. The van der Waals surface area contributed by atoms with E-state index in [1.165, 1.54) is 6.08 Å². The minimum atomic E-state index is -0.140. The third-order valence-corrected chi connectivity index (χ3v) is 3.76. The summed E-state index contributed by atoms with van der Waals surface area (Å²) in [5.74, 6) is 0.585. The monoisotopic (exact) mass is 359 g/mol. The first-order valence-corrected chi connectivity index (χ1v) is 7.76. The molecule has 0 unspecified atom stereocenters. The molecule has 22 heavy (non-hydrogen) atoms. The normalized spacial score (nSPS) is 12.1. The molecule has 0 heterocycles. The molecule has 0 spiro atoms. The summed E-state index contributed by atoms with van der Waals surface area (Å²) in [6, 6.07) is 15.5. The molecule has 0 fully saturated rings. The van der Waals surface area contributed by atoms with E-state index in [-0.39, 0.29) is 11.9 Å². The molecule has 0 saturated carbocycles. The smallest absolute Gasteiger partial charge is 0.244 e. The zero-order valence-electron chi connectivity index (χ0n) is 12.5. The second kappa shape index (κ2) is 7.80. The topological polar surface area (TPSA) is 38.3 Å². The number of carbonyl (C=O) groups excluding carboxylic acids is 1. The first kappa shape index (κ1) is 16.3. The summed E-state index contributed by atoms with van der Waals surface area (Å²) in [4.78, 5) is 12.0. The van der Waals surface area contributed by atoms with Gasteiger partial charge in [-0.2, -0.15) is 0 Å². The van der Waals surface area contributed by atoms with Crippen LogP contribution < -0.4 is 10.1 Å². The van der Waals surface area contributed by atoms with Gasteiger partial charge in [-0.25, -0.2) is 0 Å². The van der Waals surface area contributed by atoms with E-state index in [4.69, 9.17) is 4.74 Å². The molecular weight excluding hydrogens is 342 g/mol. The van der Waals surface area contributed by atoms with Gasteiger partial charge in [0, 0.05) is 16.1 Å². The summed E-state index contributed by atoms with van der Waals surface area (Å²) < 4.78 is 6.22. The fourth-order valence-corrected chi connectivity index (χ4v) is 2.47. The molecule has 2 rings (SSSR count). The molecule has 1 amide bonds. The predicted octanol–water partition coefficient (Wildman–Crippen LogP) is 4.35. The highest BCUT2D eigenvalue weighted by Gasteiger charge is 2.07. The van der Waals surface area contributed by atoms with E-state index < -0.39 is 0 Å². The van der Waals surface area contributed by atoms with Crippen LogP contribution in [0.15, 0.2) is 59.1 Å². The number of amides is 1. The molecule has 0 aliphatic heterocycles. The van der Waals surface area contributed by atoms with Crippen molar-refractivity contribution in [3.8, 4) is 5.75 Å². The summed E-state index contributed by atoms with van der Waals surface area (Å²) >= 11 is 3.41. The van der Waals surface area contributed by atoms with Crippen LogP contribution in [-0.4, -0.2) is 13.0 Å². The standard InChI is InChI=1S/C18H18BrNO2/c1-13(14-6-4-3-5-7-14)20-18(21)11-8-15-12-16(19)9-10-17(15)22-2/h3-13H,1-2H3,(H,20,21)/b11-8+/t13-/m1/s1. The molecule has 0 radical (unpaired) electrons. The fraction of sp³-hybridized carbons (Fsp3) is 0.167. The molecule has 1 atom stereocenters. The van der Waals surface area contributed by atoms with E-state index in [1.54, 1.807) is 13.2 Å². The van der Waals surface area contributed by atoms with Gasteiger partial charge in [0.1, 0.15) is 5.75 Å². The summed E-state index contributed by atoms with van der Waals surface area (Å²) in [7, 11) is 1.61. The molecule has 1 N–H and O–H groups in total. The van der Waals surface area contributed by atoms with Gasteiger partial charge in [0.15, 0.2) is 0 Å². The van der Waals surface area contributed by atoms with Gasteiger partial charge < -0.3 is 10.1 Å². The van der Waals surface area contributed by atoms with Crippen molar-refractivity contribution in [2.24, 2.45) is 0 Å². The zero-order valence-corrected chi connectivity index (χ0v) is 14.1. The maximum atomic E-state index is 12.0. The number of ether oxygens (including phenoxy) is 1. The summed E-state index contributed by atoms with van der Waals surface area (Å²) in [5.41, 5.74) is 1.92. The van der Waals surface area contributed by atoms with Crippen LogP contribution in [0.5, 0.6) is 5.75 Å². The number of halogens is 1. The van der Waals surface area contributed by atoms with Crippen LogP contribution in [0.3, 0.4) is 0 Å². The number of hydrogen-bond donors (Lipinski definition) is 1. The van der Waals surface area contributed by atoms with Crippen molar-refractivity contribution in [1.29, 1.82) is 0 Å². The number of rotatable bonds is 5. The molecule has 3 nitrogen and oxygen atoms in total. The summed E-state index contributed by atoms with van der Waals surface area (Å²) in [5, 5.41) is 2.94. The predicted molar refractivity (Wildman–Crippen MR) is 92.7 cm³/mol. The van der Waals surface area contributed by atoms with Gasteiger partial charge in [0.05, 0.1) is 13.2 Å². The van der Waals surface area contributed by atoms with Gasteiger partial charge in [-0.3, -0.25) is 4.79 Å². The molecule has 2 aromatic carbocycles. The molecule has 0 aliphatic rings. The Balaban J connectivity index is 2.04. The summed E-state index contributed by atoms with van der Waals surface area (Å²) in [6.45, 7) is 1.96. The Bertz CT molecular complexity index is 668. The quantitative estimate of drug-likeness (QED) is 0.806. The van der Waals surface area contributed by atoms with E-state index in [9.17, 15) is 4.79 Å². The molecular formula is C18H18BrNO2. The molecule has 0 bridgehead atoms. The molecule has 0 saturated heterocycles. The lowest BCUT2D eigenvalue weighted by molar-refractivity contribution is -0.117. The number of carbonyl (C=O) groups is 1. The Labute approximate surface area is 139 Å². The van der Waals surface area contributed by atoms with Gasteiger partial charge in [0.25, 0.3) is 0 Å². The van der Waals surface area contributed by atoms with Gasteiger partial charge in [-0.05, 0) is 36.8 Å². The number of hydrogen-bond acceptors (Lipinski definition) is 2. The highest BCUT2D eigenvalue weighted by Crippen LogP contribution is 2.24. The Hall–Kier alpha value is -2.07. The molecule has 0 aliphatic carbocycles. The van der Waals surface area contributed by atoms with Gasteiger partial charge in [-0.1, -0.05) is 46.3 Å². The van der Waals surface area contributed by atoms with Gasteiger partial charge >= 0.3 is 0 Å². The van der Waals surface area contributed by atoms with Crippen LogP contribution in [0.4, 0.5) is 0 Å².